The fraction of sp³-hybridized carbons (Fsp3) is 0.471. The highest BCUT2D eigenvalue weighted by Crippen LogP contribution is 2.26. The van der Waals surface area contributed by atoms with E-state index in [1.807, 2.05) is 6.08 Å². The summed E-state index contributed by atoms with van der Waals surface area (Å²) in [4.78, 5) is 11.6. The summed E-state index contributed by atoms with van der Waals surface area (Å²) in [7, 11) is 1.50. The number of methoxy groups -OCH3 is 1. The highest BCUT2D eigenvalue weighted by Gasteiger charge is 2.03. The summed E-state index contributed by atoms with van der Waals surface area (Å²) in [5.74, 6) is 0.408. The van der Waals surface area contributed by atoms with Gasteiger partial charge in [0.1, 0.15) is 0 Å². The first-order chi connectivity index (χ1) is 10.2. The monoisotopic (exact) mass is 291 g/mol. The largest absolute Gasteiger partial charge is 0.504 e. The molecule has 0 aliphatic carbocycles. The minimum atomic E-state index is -0.0995. The zero-order valence-corrected chi connectivity index (χ0v) is 12.9. The number of rotatable bonds is 9. The van der Waals surface area contributed by atoms with E-state index in [1.54, 1.807) is 24.3 Å². The first kappa shape index (κ1) is 17.1. The molecule has 0 aliphatic heterocycles. The van der Waals surface area contributed by atoms with Crippen LogP contribution in [0.3, 0.4) is 0 Å². The van der Waals surface area contributed by atoms with Crippen molar-refractivity contribution in [3.05, 3.63) is 35.9 Å². The number of hydrogen-bond donors (Lipinski definition) is 2. The summed E-state index contributed by atoms with van der Waals surface area (Å²) in [5, 5.41) is 12.3. The molecule has 4 heteroatoms. The molecular weight excluding hydrogens is 266 g/mol. The molecule has 4 nitrogen and oxygen atoms in total. The van der Waals surface area contributed by atoms with E-state index in [4.69, 9.17) is 4.74 Å². The number of carbonyl (C=O) groups excluding carboxylic acids is 1. The van der Waals surface area contributed by atoms with Crippen LogP contribution >= 0.6 is 0 Å². The minimum Gasteiger partial charge on any atom is -0.504 e. The van der Waals surface area contributed by atoms with Gasteiger partial charge in [-0.25, -0.2) is 0 Å². The molecule has 0 radical (unpaired) electrons. The van der Waals surface area contributed by atoms with Crippen molar-refractivity contribution in [3.63, 3.8) is 0 Å². The van der Waals surface area contributed by atoms with Gasteiger partial charge in [0, 0.05) is 6.54 Å². The van der Waals surface area contributed by atoms with E-state index in [9.17, 15) is 9.90 Å². The number of aromatic hydroxyl groups is 1. The maximum atomic E-state index is 11.6. The standard InChI is InChI=1S/C17H25NO3/c1-3-4-5-6-7-8-9-17(20)18-13-14-10-11-15(19)16(12-14)21-2/h8-12,19H,3-7,13H2,1-2H3,(H,18,20). The van der Waals surface area contributed by atoms with Crippen LogP contribution in [0.4, 0.5) is 0 Å². The fourth-order valence-corrected chi connectivity index (χ4v) is 1.96. The van der Waals surface area contributed by atoms with Crippen molar-refractivity contribution in [1.82, 2.24) is 5.32 Å². The number of phenolic OH excluding ortho intramolecular Hbond substituents is 1. The molecule has 2 N–H and O–H groups in total. The van der Waals surface area contributed by atoms with Crippen molar-refractivity contribution in [3.8, 4) is 11.5 Å². The van der Waals surface area contributed by atoms with Gasteiger partial charge in [0.25, 0.3) is 0 Å². The second-order valence-corrected chi connectivity index (χ2v) is 4.98. The highest BCUT2D eigenvalue weighted by atomic mass is 16.5. The van der Waals surface area contributed by atoms with Crippen LogP contribution in [0.25, 0.3) is 0 Å². The normalized spacial score (nSPS) is 10.8. The predicted octanol–water partition coefficient (Wildman–Crippen LogP) is 3.54. The maximum Gasteiger partial charge on any atom is 0.243 e. The van der Waals surface area contributed by atoms with Gasteiger partial charge in [-0.3, -0.25) is 4.79 Å². The van der Waals surface area contributed by atoms with Crippen LogP contribution in [-0.4, -0.2) is 18.1 Å². The average Bonchev–Trinajstić information content (AvgIpc) is 2.50. The molecule has 0 aromatic heterocycles. The van der Waals surface area contributed by atoms with E-state index in [1.165, 1.54) is 26.4 Å². The van der Waals surface area contributed by atoms with Crippen molar-refractivity contribution < 1.29 is 14.6 Å². The van der Waals surface area contributed by atoms with E-state index in [0.29, 0.717) is 12.3 Å². The molecule has 1 amide bonds. The first-order valence-corrected chi connectivity index (χ1v) is 7.47. The van der Waals surface area contributed by atoms with Crippen LogP contribution in [0, 0.1) is 0 Å². The molecule has 0 bridgehead atoms. The van der Waals surface area contributed by atoms with Gasteiger partial charge in [-0.05, 0) is 36.6 Å². The number of amides is 1. The van der Waals surface area contributed by atoms with Crippen molar-refractivity contribution in [2.45, 2.75) is 45.6 Å². The maximum absolute atomic E-state index is 11.6. The molecule has 0 saturated carbocycles. The quantitative estimate of drug-likeness (QED) is 0.540. The van der Waals surface area contributed by atoms with Gasteiger partial charge in [-0.2, -0.15) is 0 Å². The lowest BCUT2D eigenvalue weighted by Crippen LogP contribution is -2.20. The Labute approximate surface area is 126 Å². The summed E-state index contributed by atoms with van der Waals surface area (Å²) in [6.07, 6.45) is 9.28. The number of nitrogens with one attached hydrogen (secondary N) is 1. The van der Waals surface area contributed by atoms with Gasteiger partial charge in [-0.1, -0.05) is 38.3 Å². The molecule has 0 fully saturated rings. The molecule has 21 heavy (non-hydrogen) atoms. The van der Waals surface area contributed by atoms with Crippen molar-refractivity contribution in [1.29, 1.82) is 0 Å². The van der Waals surface area contributed by atoms with Crippen LogP contribution in [0.1, 0.15) is 44.6 Å². The lowest BCUT2D eigenvalue weighted by Gasteiger charge is -2.07. The molecule has 0 heterocycles. The highest BCUT2D eigenvalue weighted by molar-refractivity contribution is 5.87. The van der Waals surface area contributed by atoms with E-state index in [-0.39, 0.29) is 11.7 Å². The lowest BCUT2D eigenvalue weighted by molar-refractivity contribution is -0.116. The summed E-state index contributed by atoms with van der Waals surface area (Å²) in [5.41, 5.74) is 0.884. The van der Waals surface area contributed by atoms with Gasteiger partial charge in [0.2, 0.25) is 5.91 Å². The number of hydrogen-bond acceptors (Lipinski definition) is 3. The molecule has 1 aromatic rings. The van der Waals surface area contributed by atoms with Gasteiger partial charge >= 0.3 is 0 Å². The Morgan fingerprint density at radius 1 is 1.33 bits per heavy atom. The fourth-order valence-electron chi connectivity index (χ4n) is 1.96. The third kappa shape index (κ3) is 6.84. The minimum absolute atomic E-state index is 0.0968. The summed E-state index contributed by atoms with van der Waals surface area (Å²) >= 11 is 0. The zero-order chi connectivity index (χ0) is 15.5. The second kappa shape index (κ2) is 9.86. The number of allylic oxidation sites excluding steroid dienone is 1. The zero-order valence-electron chi connectivity index (χ0n) is 12.9. The van der Waals surface area contributed by atoms with E-state index in [0.717, 1.165) is 18.4 Å². The lowest BCUT2D eigenvalue weighted by atomic mass is 10.1. The Kier molecular flexibility index (Phi) is 8.02. The van der Waals surface area contributed by atoms with Crippen LogP contribution in [0.5, 0.6) is 11.5 Å². The van der Waals surface area contributed by atoms with Crippen LogP contribution in [-0.2, 0) is 11.3 Å². The number of unbranched alkanes of at least 4 members (excludes halogenated alkanes) is 4. The Balaban J connectivity index is 2.31. The van der Waals surface area contributed by atoms with Gasteiger partial charge in [-0.15, -0.1) is 0 Å². The topological polar surface area (TPSA) is 58.6 Å². The number of carbonyl (C=O) groups is 1. The Morgan fingerprint density at radius 2 is 2.14 bits per heavy atom. The number of ether oxygens (including phenoxy) is 1. The molecule has 1 rings (SSSR count). The average molecular weight is 291 g/mol. The molecule has 0 unspecified atom stereocenters. The predicted molar refractivity (Wildman–Crippen MR) is 84.4 cm³/mol. The molecule has 0 spiro atoms. The van der Waals surface area contributed by atoms with E-state index >= 15 is 0 Å². The Morgan fingerprint density at radius 3 is 2.86 bits per heavy atom. The smallest absolute Gasteiger partial charge is 0.243 e. The van der Waals surface area contributed by atoms with Gasteiger partial charge < -0.3 is 15.2 Å². The molecule has 116 valence electrons. The van der Waals surface area contributed by atoms with Crippen LogP contribution < -0.4 is 10.1 Å². The van der Waals surface area contributed by atoms with Gasteiger partial charge in [0.15, 0.2) is 11.5 Å². The van der Waals surface area contributed by atoms with E-state index < -0.39 is 0 Å². The first-order valence-electron chi connectivity index (χ1n) is 7.47. The summed E-state index contributed by atoms with van der Waals surface area (Å²) < 4.78 is 5.03. The molecule has 0 atom stereocenters. The Hall–Kier alpha value is -1.97. The third-order valence-corrected chi connectivity index (χ3v) is 3.20. The molecule has 0 saturated heterocycles. The summed E-state index contributed by atoms with van der Waals surface area (Å²) in [6.45, 7) is 2.59. The van der Waals surface area contributed by atoms with Crippen molar-refractivity contribution in [2.75, 3.05) is 7.11 Å². The van der Waals surface area contributed by atoms with Crippen LogP contribution in [0.15, 0.2) is 30.4 Å². The Bertz CT molecular complexity index is 469. The van der Waals surface area contributed by atoms with E-state index in [2.05, 4.69) is 12.2 Å². The van der Waals surface area contributed by atoms with Gasteiger partial charge in [0.05, 0.1) is 7.11 Å². The molecular formula is C17H25NO3. The van der Waals surface area contributed by atoms with Crippen molar-refractivity contribution in [2.24, 2.45) is 0 Å². The second-order valence-electron chi connectivity index (χ2n) is 4.98. The van der Waals surface area contributed by atoms with Crippen LogP contribution in [0.2, 0.25) is 0 Å². The van der Waals surface area contributed by atoms with Crippen molar-refractivity contribution >= 4 is 5.91 Å². The third-order valence-electron chi connectivity index (χ3n) is 3.20. The molecule has 1 aromatic carbocycles. The summed E-state index contributed by atoms with van der Waals surface area (Å²) in [6, 6.07) is 5.03. The SMILES string of the molecule is CCCCCCC=CC(=O)NCc1ccc(O)c(OC)c1. The number of phenols is 1. The number of benzene rings is 1. The molecule has 0 aliphatic rings.